The van der Waals surface area contributed by atoms with Gasteiger partial charge in [-0.05, 0) is 36.5 Å². The first kappa shape index (κ1) is 23.8. The van der Waals surface area contributed by atoms with Crippen molar-refractivity contribution < 1.29 is 8.42 Å². The van der Waals surface area contributed by atoms with Crippen LogP contribution in [-0.2, 0) is 16.4 Å². The Hall–Kier alpha value is -1.47. The Balaban J connectivity index is 1.79. The molecule has 1 aromatic heterocycles. The van der Waals surface area contributed by atoms with Crippen molar-refractivity contribution in [3.05, 3.63) is 34.8 Å². The van der Waals surface area contributed by atoms with Crippen LogP contribution in [0.25, 0.3) is 0 Å². The zero-order chi connectivity index (χ0) is 21.1. The van der Waals surface area contributed by atoms with E-state index in [-0.39, 0.29) is 4.90 Å². The van der Waals surface area contributed by atoms with Crippen LogP contribution in [0.15, 0.2) is 29.2 Å². The number of hydrogen-bond acceptors (Lipinski definition) is 5. The molecule has 0 radical (unpaired) electrons. The molecular weight excluding hydrogens is 402 g/mol. The third kappa shape index (κ3) is 8.05. The molecule has 5 nitrogen and oxygen atoms in total. The summed E-state index contributed by atoms with van der Waals surface area (Å²) in [7, 11) is -3.63. The zero-order valence-electron chi connectivity index (χ0n) is 18.0. The van der Waals surface area contributed by atoms with E-state index in [1.165, 1.54) is 68.3 Å². The van der Waals surface area contributed by atoms with E-state index in [4.69, 9.17) is 0 Å². The van der Waals surface area contributed by atoms with E-state index in [0.29, 0.717) is 11.0 Å². The van der Waals surface area contributed by atoms with Gasteiger partial charge in [-0.2, -0.15) is 0 Å². The lowest BCUT2D eigenvalue weighted by molar-refractivity contribution is 0.543. The molecule has 1 heterocycles. The molecule has 2 aromatic rings. The van der Waals surface area contributed by atoms with Crippen molar-refractivity contribution in [1.29, 1.82) is 0 Å². The van der Waals surface area contributed by atoms with Gasteiger partial charge in [0, 0.05) is 0 Å². The normalized spacial score (nSPS) is 12.8. The van der Waals surface area contributed by atoms with E-state index in [2.05, 4.69) is 28.8 Å². The summed E-state index contributed by atoms with van der Waals surface area (Å²) < 4.78 is 27.6. The molecule has 0 aliphatic carbocycles. The molecule has 0 fully saturated rings. The average Bonchev–Trinajstić information content (AvgIpc) is 3.16. The van der Waals surface area contributed by atoms with Gasteiger partial charge in [-0.15, -0.1) is 10.2 Å². The highest BCUT2D eigenvalue weighted by Gasteiger charge is 2.17. The summed E-state index contributed by atoms with van der Waals surface area (Å²) in [6.45, 7) is 6.43. The predicted molar refractivity (Wildman–Crippen MR) is 122 cm³/mol. The number of aryl methyl sites for hydroxylation is 1. The maximum absolute atomic E-state index is 12.5. The van der Waals surface area contributed by atoms with Crippen LogP contribution in [0.2, 0.25) is 0 Å². The van der Waals surface area contributed by atoms with Crippen LogP contribution < -0.4 is 4.72 Å². The molecule has 0 aliphatic heterocycles. The third-order valence-electron chi connectivity index (χ3n) is 5.24. The maximum atomic E-state index is 12.5. The summed E-state index contributed by atoms with van der Waals surface area (Å²) in [5.41, 5.74) is 1.19. The Morgan fingerprint density at radius 3 is 2.14 bits per heavy atom. The first-order valence-electron chi connectivity index (χ1n) is 10.9. The van der Waals surface area contributed by atoms with E-state index in [1.807, 2.05) is 19.1 Å². The smallest absolute Gasteiger partial charge is 0.253 e. The van der Waals surface area contributed by atoms with Crippen molar-refractivity contribution in [2.24, 2.45) is 0 Å². The van der Waals surface area contributed by atoms with Crippen LogP contribution in [0.4, 0.5) is 5.13 Å². The fourth-order valence-electron chi connectivity index (χ4n) is 3.34. The van der Waals surface area contributed by atoms with Crippen LogP contribution in [0.3, 0.4) is 0 Å². The zero-order valence-corrected chi connectivity index (χ0v) is 19.6. The van der Waals surface area contributed by atoms with Crippen LogP contribution >= 0.6 is 11.3 Å². The second kappa shape index (κ2) is 12.3. The second-order valence-electron chi connectivity index (χ2n) is 7.69. The quantitative estimate of drug-likeness (QED) is 0.341. The van der Waals surface area contributed by atoms with Gasteiger partial charge in [-0.1, -0.05) is 95.6 Å². The molecule has 29 heavy (non-hydrogen) atoms. The number of aromatic nitrogens is 2. The maximum Gasteiger partial charge on any atom is 0.263 e. The molecule has 0 aliphatic rings. The van der Waals surface area contributed by atoms with Crippen molar-refractivity contribution >= 4 is 26.5 Å². The number of nitrogens with one attached hydrogen (secondary N) is 1. The van der Waals surface area contributed by atoms with Gasteiger partial charge in [0.15, 0.2) is 0 Å². The van der Waals surface area contributed by atoms with Crippen LogP contribution in [-0.4, -0.2) is 18.6 Å². The van der Waals surface area contributed by atoms with E-state index >= 15 is 0 Å². The molecule has 2 rings (SSSR count). The molecule has 1 atom stereocenters. The third-order valence-corrected chi connectivity index (χ3v) is 7.71. The Labute approximate surface area is 180 Å². The summed E-state index contributed by atoms with van der Waals surface area (Å²) in [6.07, 6.45) is 12.5. The van der Waals surface area contributed by atoms with Crippen molar-refractivity contribution in [1.82, 2.24) is 10.2 Å². The van der Waals surface area contributed by atoms with Gasteiger partial charge >= 0.3 is 0 Å². The van der Waals surface area contributed by atoms with E-state index in [1.54, 1.807) is 12.1 Å². The Kier molecular flexibility index (Phi) is 10.1. The lowest BCUT2D eigenvalue weighted by Crippen LogP contribution is -2.12. The van der Waals surface area contributed by atoms with Crippen LogP contribution in [0, 0.1) is 0 Å². The Morgan fingerprint density at radius 1 is 0.931 bits per heavy atom. The largest absolute Gasteiger partial charge is 0.263 e. The van der Waals surface area contributed by atoms with E-state index in [9.17, 15) is 8.42 Å². The topological polar surface area (TPSA) is 72.0 Å². The monoisotopic (exact) mass is 437 g/mol. The van der Waals surface area contributed by atoms with Gasteiger partial charge in [-0.3, -0.25) is 4.72 Å². The lowest BCUT2D eigenvalue weighted by Gasteiger charge is -2.13. The number of hydrogen-bond donors (Lipinski definition) is 1. The molecule has 0 bridgehead atoms. The lowest BCUT2D eigenvalue weighted by atomic mass is 9.95. The summed E-state index contributed by atoms with van der Waals surface area (Å²) >= 11 is 1.27. The van der Waals surface area contributed by atoms with E-state index < -0.39 is 10.0 Å². The first-order valence-corrected chi connectivity index (χ1v) is 13.2. The molecule has 0 spiro atoms. The summed E-state index contributed by atoms with van der Waals surface area (Å²) in [5, 5.41) is 8.97. The molecule has 162 valence electrons. The van der Waals surface area contributed by atoms with Gasteiger partial charge in [-0.25, -0.2) is 8.42 Å². The van der Waals surface area contributed by atoms with Crippen molar-refractivity contribution in [3.8, 4) is 0 Å². The van der Waals surface area contributed by atoms with Crippen LogP contribution in [0.5, 0.6) is 0 Å². The average molecular weight is 438 g/mol. The summed E-state index contributed by atoms with van der Waals surface area (Å²) in [6, 6.07) is 7.23. The second-order valence-corrected chi connectivity index (χ2v) is 10.4. The van der Waals surface area contributed by atoms with Gasteiger partial charge in [0.25, 0.3) is 10.0 Å². The molecule has 0 amide bonds. The van der Waals surface area contributed by atoms with Crippen molar-refractivity contribution in [3.63, 3.8) is 0 Å². The Bertz CT molecular complexity index is 817. The molecule has 0 saturated carbocycles. The molecule has 1 N–H and O–H groups in total. The van der Waals surface area contributed by atoms with Gasteiger partial charge in [0.2, 0.25) is 5.13 Å². The summed E-state index contributed by atoms with van der Waals surface area (Å²) in [4.78, 5) is 0.258. The predicted octanol–water partition coefficient (Wildman–Crippen LogP) is 6.54. The minimum atomic E-state index is -3.63. The highest BCUT2D eigenvalue weighted by atomic mass is 32.2. The standard InChI is InChI=1S/C22H35N3O2S2/c1-4-6-7-8-9-10-11-12-13-18(3)19-14-16-20(17-15-19)29(26,27)25-22-24-23-21(5-2)28-22/h14-18H,4-13H2,1-3H3,(H,24,25). The molecule has 1 unspecified atom stereocenters. The number of unbranched alkanes of at least 4 members (excludes halogenated alkanes) is 7. The highest BCUT2D eigenvalue weighted by molar-refractivity contribution is 7.93. The van der Waals surface area contributed by atoms with Crippen molar-refractivity contribution in [2.75, 3.05) is 4.72 Å². The molecule has 7 heteroatoms. The number of rotatable bonds is 14. The number of sulfonamides is 1. The van der Waals surface area contributed by atoms with Gasteiger partial charge in [0.1, 0.15) is 5.01 Å². The summed E-state index contributed by atoms with van der Waals surface area (Å²) in [5.74, 6) is 0.440. The number of anilines is 1. The SMILES string of the molecule is CCCCCCCCCCC(C)c1ccc(S(=O)(=O)Nc2nnc(CC)s2)cc1. The molecular formula is C22H35N3O2S2. The highest BCUT2D eigenvalue weighted by Crippen LogP contribution is 2.25. The van der Waals surface area contributed by atoms with Gasteiger partial charge in [0.05, 0.1) is 4.90 Å². The van der Waals surface area contributed by atoms with Crippen molar-refractivity contribution in [2.45, 2.75) is 95.8 Å². The number of benzene rings is 1. The fourth-order valence-corrected chi connectivity index (χ4v) is 5.25. The first-order chi connectivity index (χ1) is 14.0. The number of nitrogens with zero attached hydrogens (tertiary/aromatic N) is 2. The van der Waals surface area contributed by atoms with Gasteiger partial charge < -0.3 is 0 Å². The Morgan fingerprint density at radius 2 is 1.55 bits per heavy atom. The molecule has 1 aromatic carbocycles. The minimum absolute atomic E-state index is 0.258. The fraction of sp³-hybridized carbons (Fsp3) is 0.636. The van der Waals surface area contributed by atoms with E-state index in [0.717, 1.165) is 17.8 Å². The molecule has 0 saturated heterocycles. The minimum Gasteiger partial charge on any atom is -0.253 e. The van der Waals surface area contributed by atoms with Crippen LogP contribution in [0.1, 0.15) is 95.0 Å².